The van der Waals surface area contributed by atoms with E-state index in [0.29, 0.717) is 16.6 Å². The molecule has 0 atom stereocenters. The van der Waals surface area contributed by atoms with Gasteiger partial charge in [-0.1, -0.05) is 6.07 Å². The fourth-order valence-corrected chi connectivity index (χ4v) is 1.53. The number of hydrogen-bond donors (Lipinski definition) is 2. The first-order valence-corrected chi connectivity index (χ1v) is 4.51. The highest BCUT2D eigenvalue weighted by Gasteiger charge is 2.20. The van der Waals surface area contributed by atoms with E-state index in [-0.39, 0.29) is 5.46 Å². The number of halogens is 1. The maximum atomic E-state index is 13.3. The Hall–Kier alpha value is -1.46. The second kappa shape index (κ2) is 3.60. The Balaban J connectivity index is 2.84. The highest BCUT2D eigenvalue weighted by atomic mass is 19.1. The molecule has 1 heterocycles. The van der Waals surface area contributed by atoms with Gasteiger partial charge in [-0.15, -0.1) is 0 Å². The monoisotopic (exact) mass is 205 g/mol. The van der Waals surface area contributed by atoms with Crippen molar-refractivity contribution < 1.29 is 14.4 Å². The second-order valence-corrected chi connectivity index (χ2v) is 3.36. The van der Waals surface area contributed by atoms with Crippen molar-refractivity contribution in [3.63, 3.8) is 0 Å². The SMILES string of the molecule is Cc1ccc2ccc(F)c(B(O)O)c2n1. The maximum absolute atomic E-state index is 13.3. The number of hydrogen-bond acceptors (Lipinski definition) is 3. The molecule has 3 nitrogen and oxygen atoms in total. The van der Waals surface area contributed by atoms with Crippen LogP contribution >= 0.6 is 0 Å². The van der Waals surface area contributed by atoms with Gasteiger partial charge in [0.1, 0.15) is 5.82 Å². The summed E-state index contributed by atoms with van der Waals surface area (Å²) >= 11 is 0. The van der Waals surface area contributed by atoms with E-state index < -0.39 is 12.9 Å². The van der Waals surface area contributed by atoms with Crippen LogP contribution in [-0.2, 0) is 0 Å². The largest absolute Gasteiger partial charge is 0.493 e. The summed E-state index contributed by atoms with van der Waals surface area (Å²) < 4.78 is 13.3. The van der Waals surface area contributed by atoms with Crippen LogP contribution in [-0.4, -0.2) is 22.2 Å². The number of aromatic nitrogens is 1. The molecule has 0 spiro atoms. The van der Waals surface area contributed by atoms with E-state index >= 15 is 0 Å². The predicted octanol–water partition coefficient (Wildman–Crippen LogP) is 0.362. The third-order valence-corrected chi connectivity index (χ3v) is 2.25. The molecular formula is C10H9BFNO2. The molecule has 0 saturated carbocycles. The van der Waals surface area contributed by atoms with E-state index in [1.807, 2.05) is 0 Å². The molecule has 0 amide bonds. The molecule has 0 radical (unpaired) electrons. The first-order valence-electron chi connectivity index (χ1n) is 4.51. The highest BCUT2D eigenvalue weighted by Crippen LogP contribution is 2.12. The zero-order valence-corrected chi connectivity index (χ0v) is 8.11. The summed E-state index contributed by atoms with van der Waals surface area (Å²) in [7, 11) is -1.84. The van der Waals surface area contributed by atoms with Crippen molar-refractivity contribution in [2.75, 3.05) is 0 Å². The number of pyridine rings is 1. The lowest BCUT2D eigenvalue weighted by Gasteiger charge is -2.06. The van der Waals surface area contributed by atoms with Crippen molar-refractivity contribution in [1.82, 2.24) is 4.98 Å². The lowest BCUT2D eigenvalue weighted by atomic mass is 9.78. The number of fused-ring (bicyclic) bond motifs is 1. The van der Waals surface area contributed by atoms with E-state index in [9.17, 15) is 4.39 Å². The topological polar surface area (TPSA) is 53.4 Å². The smallest absolute Gasteiger partial charge is 0.423 e. The molecule has 2 N–H and O–H groups in total. The molecular weight excluding hydrogens is 196 g/mol. The molecule has 1 aromatic carbocycles. The Kier molecular flexibility index (Phi) is 2.42. The van der Waals surface area contributed by atoms with E-state index in [1.54, 1.807) is 25.1 Å². The Morgan fingerprint density at radius 2 is 1.87 bits per heavy atom. The van der Waals surface area contributed by atoms with Gasteiger partial charge in [-0.2, -0.15) is 0 Å². The Morgan fingerprint density at radius 1 is 1.20 bits per heavy atom. The number of benzene rings is 1. The lowest BCUT2D eigenvalue weighted by Crippen LogP contribution is -2.34. The summed E-state index contributed by atoms with van der Waals surface area (Å²) in [6.45, 7) is 1.76. The van der Waals surface area contributed by atoms with Gasteiger partial charge in [0.25, 0.3) is 0 Å². The highest BCUT2D eigenvalue weighted by molar-refractivity contribution is 6.61. The van der Waals surface area contributed by atoms with Crippen LogP contribution in [0.25, 0.3) is 10.9 Å². The van der Waals surface area contributed by atoms with Crippen molar-refractivity contribution in [2.45, 2.75) is 6.92 Å². The molecule has 0 saturated heterocycles. The molecule has 5 heteroatoms. The average molecular weight is 205 g/mol. The molecule has 2 rings (SSSR count). The first kappa shape index (κ1) is 10.1. The zero-order valence-electron chi connectivity index (χ0n) is 8.11. The standard InChI is InChI=1S/C10H9BFNO2/c1-6-2-3-7-4-5-8(12)9(11(14)15)10(7)13-6/h2-5,14-15H,1H3. The molecule has 2 aromatic rings. The third kappa shape index (κ3) is 1.71. The van der Waals surface area contributed by atoms with Gasteiger partial charge in [0, 0.05) is 16.5 Å². The number of rotatable bonds is 1. The lowest BCUT2D eigenvalue weighted by molar-refractivity contribution is 0.423. The van der Waals surface area contributed by atoms with Gasteiger partial charge in [-0.3, -0.25) is 4.98 Å². The molecule has 15 heavy (non-hydrogen) atoms. The van der Waals surface area contributed by atoms with Crippen molar-refractivity contribution in [2.24, 2.45) is 0 Å². The van der Waals surface area contributed by atoms with Crippen LogP contribution in [0.1, 0.15) is 5.69 Å². The summed E-state index contributed by atoms with van der Waals surface area (Å²) in [6.07, 6.45) is 0. The normalized spacial score (nSPS) is 10.7. The third-order valence-electron chi connectivity index (χ3n) is 2.25. The second-order valence-electron chi connectivity index (χ2n) is 3.36. The van der Waals surface area contributed by atoms with Crippen LogP contribution in [0.4, 0.5) is 4.39 Å². The Labute approximate surface area is 86.3 Å². The van der Waals surface area contributed by atoms with Gasteiger partial charge >= 0.3 is 7.12 Å². The van der Waals surface area contributed by atoms with Gasteiger partial charge in [-0.25, -0.2) is 4.39 Å². The van der Waals surface area contributed by atoms with Crippen LogP contribution in [0, 0.1) is 12.7 Å². The van der Waals surface area contributed by atoms with E-state index in [0.717, 1.165) is 0 Å². The molecule has 0 unspecified atom stereocenters. The molecule has 76 valence electrons. The van der Waals surface area contributed by atoms with Crippen molar-refractivity contribution >= 4 is 23.5 Å². The van der Waals surface area contributed by atoms with Crippen LogP contribution in [0.15, 0.2) is 24.3 Å². The Morgan fingerprint density at radius 3 is 2.53 bits per heavy atom. The van der Waals surface area contributed by atoms with E-state index in [2.05, 4.69) is 4.98 Å². The van der Waals surface area contributed by atoms with Gasteiger partial charge in [0.2, 0.25) is 0 Å². The quantitative estimate of drug-likeness (QED) is 0.661. The fourth-order valence-electron chi connectivity index (χ4n) is 1.53. The number of aryl methyl sites for hydroxylation is 1. The van der Waals surface area contributed by atoms with Crippen LogP contribution < -0.4 is 5.46 Å². The van der Waals surface area contributed by atoms with Crippen LogP contribution in [0.3, 0.4) is 0 Å². The minimum atomic E-state index is -1.84. The van der Waals surface area contributed by atoms with Crippen LogP contribution in [0.5, 0.6) is 0 Å². The maximum Gasteiger partial charge on any atom is 0.493 e. The summed E-state index contributed by atoms with van der Waals surface area (Å²) in [4.78, 5) is 4.10. The van der Waals surface area contributed by atoms with Crippen molar-refractivity contribution in [3.8, 4) is 0 Å². The molecule has 0 bridgehead atoms. The predicted molar refractivity (Wildman–Crippen MR) is 56.3 cm³/mol. The van der Waals surface area contributed by atoms with Crippen LogP contribution in [0.2, 0.25) is 0 Å². The fraction of sp³-hybridized carbons (Fsp3) is 0.100. The van der Waals surface area contributed by atoms with Crippen molar-refractivity contribution in [3.05, 3.63) is 35.8 Å². The first-order chi connectivity index (χ1) is 7.09. The van der Waals surface area contributed by atoms with Gasteiger partial charge in [0.05, 0.1) is 5.52 Å². The Bertz CT molecular complexity index is 511. The van der Waals surface area contributed by atoms with Gasteiger partial charge < -0.3 is 10.0 Å². The van der Waals surface area contributed by atoms with Gasteiger partial charge in [0.15, 0.2) is 0 Å². The minimum absolute atomic E-state index is 0.170. The van der Waals surface area contributed by atoms with E-state index in [1.165, 1.54) is 6.07 Å². The molecule has 0 aliphatic heterocycles. The summed E-state index contributed by atoms with van der Waals surface area (Å²) in [5.74, 6) is -0.657. The molecule has 0 aliphatic carbocycles. The summed E-state index contributed by atoms with van der Waals surface area (Å²) in [5, 5.41) is 18.8. The molecule has 0 aliphatic rings. The van der Waals surface area contributed by atoms with E-state index in [4.69, 9.17) is 10.0 Å². The minimum Gasteiger partial charge on any atom is -0.423 e. The zero-order chi connectivity index (χ0) is 11.0. The molecule has 0 fully saturated rings. The van der Waals surface area contributed by atoms with Crippen molar-refractivity contribution in [1.29, 1.82) is 0 Å². The molecule has 1 aromatic heterocycles. The average Bonchev–Trinajstić information content (AvgIpc) is 2.16. The summed E-state index contributed by atoms with van der Waals surface area (Å²) in [6, 6.07) is 6.31. The summed E-state index contributed by atoms with van der Waals surface area (Å²) in [5.41, 5.74) is 0.830. The van der Waals surface area contributed by atoms with Gasteiger partial charge in [-0.05, 0) is 25.1 Å². The number of nitrogens with zero attached hydrogens (tertiary/aromatic N) is 1.